The van der Waals surface area contributed by atoms with Gasteiger partial charge in [0.05, 0.1) is 19.3 Å². The lowest BCUT2D eigenvalue weighted by atomic mass is 10.2. The van der Waals surface area contributed by atoms with E-state index in [9.17, 15) is 18.3 Å². The maximum atomic E-state index is 12.2. The number of nitrogens with zero attached hydrogens (tertiary/aromatic N) is 2. The predicted molar refractivity (Wildman–Crippen MR) is 61.7 cm³/mol. The van der Waals surface area contributed by atoms with Gasteiger partial charge >= 0.3 is 5.97 Å². The molecule has 1 aliphatic heterocycles. The highest BCUT2D eigenvalue weighted by molar-refractivity contribution is 7.90. The molecule has 1 fully saturated rings. The van der Waals surface area contributed by atoms with Gasteiger partial charge in [-0.1, -0.05) is 6.92 Å². The summed E-state index contributed by atoms with van der Waals surface area (Å²) in [5, 5.41) is 17.1. The molecule has 3 unspecified atom stereocenters. The molecule has 0 amide bonds. The van der Waals surface area contributed by atoms with E-state index in [1.165, 1.54) is 0 Å². The third-order valence-corrected chi connectivity index (χ3v) is 5.12. The van der Waals surface area contributed by atoms with Crippen molar-refractivity contribution < 1.29 is 23.1 Å². The lowest BCUT2D eigenvalue weighted by molar-refractivity contribution is -0.144. The zero-order chi connectivity index (χ0) is 13.9. The SMILES string of the molecule is CCC(C#N)S(=O)(=O)N1CC(O)CC1C(=O)OC. The monoisotopic (exact) mass is 276 g/mol. The van der Waals surface area contributed by atoms with Crippen LogP contribution >= 0.6 is 0 Å². The quantitative estimate of drug-likeness (QED) is 0.675. The van der Waals surface area contributed by atoms with Crippen LogP contribution in [0.4, 0.5) is 0 Å². The fraction of sp³-hybridized carbons (Fsp3) is 0.800. The second-order valence-corrected chi connectivity index (χ2v) is 6.14. The minimum Gasteiger partial charge on any atom is -0.468 e. The van der Waals surface area contributed by atoms with Crippen LogP contribution in [0.2, 0.25) is 0 Å². The summed E-state index contributed by atoms with van der Waals surface area (Å²) < 4.78 is 29.7. The molecule has 1 saturated heterocycles. The molecule has 1 rings (SSSR count). The first-order valence-corrected chi connectivity index (χ1v) is 7.05. The summed E-state index contributed by atoms with van der Waals surface area (Å²) in [6.45, 7) is 1.39. The number of methoxy groups -OCH3 is 1. The van der Waals surface area contributed by atoms with Gasteiger partial charge < -0.3 is 9.84 Å². The number of esters is 1. The van der Waals surface area contributed by atoms with Crippen LogP contribution in [0.3, 0.4) is 0 Å². The van der Waals surface area contributed by atoms with E-state index < -0.39 is 33.4 Å². The maximum Gasteiger partial charge on any atom is 0.324 e. The molecule has 1 heterocycles. The summed E-state index contributed by atoms with van der Waals surface area (Å²) in [5.41, 5.74) is 0. The van der Waals surface area contributed by atoms with Crippen molar-refractivity contribution in [3.8, 4) is 6.07 Å². The van der Waals surface area contributed by atoms with E-state index in [-0.39, 0.29) is 19.4 Å². The molecule has 1 aliphatic rings. The van der Waals surface area contributed by atoms with Crippen LogP contribution in [0.1, 0.15) is 19.8 Å². The molecule has 102 valence electrons. The van der Waals surface area contributed by atoms with Crippen molar-refractivity contribution in [2.75, 3.05) is 13.7 Å². The molecule has 0 radical (unpaired) electrons. The molecule has 8 heteroatoms. The molecule has 0 aromatic carbocycles. The summed E-state index contributed by atoms with van der Waals surface area (Å²) in [6.07, 6.45) is -0.798. The summed E-state index contributed by atoms with van der Waals surface area (Å²) >= 11 is 0. The van der Waals surface area contributed by atoms with Crippen LogP contribution in [0.5, 0.6) is 0 Å². The van der Waals surface area contributed by atoms with E-state index in [1.54, 1.807) is 13.0 Å². The van der Waals surface area contributed by atoms with Gasteiger partial charge in [0.25, 0.3) is 0 Å². The van der Waals surface area contributed by atoms with Gasteiger partial charge in [0.1, 0.15) is 6.04 Å². The van der Waals surface area contributed by atoms with E-state index in [0.717, 1.165) is 11.4 Å². The minimum atomic E-state index is -3.93. The van der Waals surface area contributed by atoms with Crippen molar-refractivity contribution in [2.24, 2.45) is 0 Å². The average Bonchev–Trinajstić information content (AvgIpc) is 2.72. The van der Waals surface area contributed by atoms with Crippen LogP contribution in [0, 0.1) is 11.3 Å². The standard InChI is InChI=1S/C10H16N2O5S/c1-3-8(5-11)18(15,16)12-6-7(13)4-9(12)10(14)17-2/h7-9,13H,3-4,6H2,1-2H3. The zero-order valence-corrected chi connectivity index (χ0v) is 11.1. The van der Waals surface area contributed by atoms with Crippen molar-refractivity contribution >= 4 is 16.0 Å². The molecular weight excluding hydrogens is 260 g/mol. The predicted octanol–water partition coefficient (Wildman–Crippen LogP) is -0.773. The van der Waals surface area contributed by atoms with Gasteiger partial charge in [0, 0.05) is 13.0 Å². The lowest BCUT2D eigenvalue weighted by Gasteiger charge is -2.23. The largest absolute Gasteiger partial charge is 0.468 e. The van der Waals surface area contributed by atoms with Crippen LogP contribution < -0.4 is 0 Å². The molecule has 0 aromatic heterocycles. The Morgan fingerprint density at radius 2 is 2.28 bits per heavy atom. The highest BCUT2D eigenvalue weighted by Crippen LogP contribution is 2.25. The van der Waals surface area contributed by atoms with Gasteiger partial charge in [-0.25, -0.2) is 8.42 Å². The Morgan fingerprint density at radius 1 is 1.67 bits per heavy atom. The van der Waals surface area contributed by atoms with E-state index in [1.807, 2.05) is 0 Å². The molecule has 3 atom stereocenters. The molecule has 0 saturated carbocycles. The molecular formula is C10H16N2O5S. The molecule has 18 heavy (non-hydrogen) atoms. The van der Waals surface area contributed by atoms with Crippen molar-refractivity contribution in [3.63, 3.8) is 0 Å². The third kappa shape index (κ3) is 2.63. The molecule has 0 aliphatic carbocycles. The van der Waals surface area contributed by atoms with Crippen LogP contribution in [-0.2, 0) is 19.6 Å². The summed E-state index contributed by atoms with van der Waals surface area (Å²) in [7, 11) is -2.77. The van der Waals surface area contributed by atoms with Crippen LogP contribution in [0.25, 0.3) is 0 Å². The zero-order valence-electron chi connectivity index (χ0n) is 10.2. The average molecular weight is 276 g/mol. The molecule has 7 nitrogen and oxygen atoms in total. The Bertz CT molecular complexity index is 455. The number of rotatable bonds is 4. The first-order valence-electron chi connectivity index (χ1n) is 5.54. The van der Waals surface area contributed by atoms with Gasteiger partial charge in [-0.3, -0.25) is 4.79 Å². The van der Waals surface area contributed by atoms with E-state index in [4.69, 9.17) is 5.26 Å². The first-order chi connectivity index (χ1) is 8.38. The number of carbonyl (C=O) groups is 1. The Balaban J connectivity index is 3.06. The Kier molecular flexibility index (Phi) is 4.67. The van der Waals surface area contributed by atoms with E-state index >= 15 is 0 Å². The van der Waals surface area contributed by atoms with Gasteiger partial charge in [0.2, 0.25) is 10.0 Å². The van der Waals surface area contributed by atoms with E-state index in [0.29, 0.717) is 0 Å². The summed E-state index contributed by atoms with van der Waals surface area (Å²) in [6, 6.07) is 0.654. The smallest absolute Gasteiger partial charge is 0.324 e. The highest BCUT2D eigenvalue weighted by Gasteiger charge is 2.46. The van der Waals surface area contributed by atoms with E-state index in [2.05, 4.69) is 4.74 Å². The second kappa shape index (κ2) is 5.65. The number of sulfonamides is 1. The van der Waals surface area contributed by atoms with Crippen molar-refractivity contribution in [3.05, 3.63) is 0 Å². The van der Waals surface area contributed by atoms with Crippen molar-refractivity contribution in [1.82, 2.24) is 4.31 Å². The minimum absolute atomic E-state index is 0.00618. The lowest BCUT2D eigenvalue weighted by Crippen LogP contribution is -2.45. The number of hydrogen-bond donors (Lipinski definition) is 1. The number of carbonyl (C=O) groups excluding carboxylic acids is 1. The second-order valence-electron chi connectivity index (χ2n) is 4.07. The molecule has 0 spiro atoms. The fourth-order valence-electron chi connectivity index (χ4n) is 1.95. The summed E-state index contributed by atoms with van der Waals surface area (Å²) in [5.74, 6) is -0.720. The number of ether oxygens (including phenoxy) is 1. The Morgan fingerprint density at radius 3 is 2.72 bits per heavy atom. The van der Waals surface area contributed by atoms with Crippen molar-refractivity contribution in [2.45, 2.75) is 37.2 Å². The van der Waals surface area contributed by atoms with Gasteiger partial charge in [0.15, 0.2) is 5.25 Å². The van der Waals surface area contributed by atoms with Crippen LogP contribution in [0.15, 0.2) is 0 Å². The number of hydrogen-bond acceptors (Lipinski definition) is 6. The fourth-order valence-corrected chi connectivity index (χ4v) is 3.74. The number of nitriles is 1. The first kappa shape index (κ1) is 14.9. The molecule has 0 bridgehead atoms. The van der Waals surface area contributed by atoms with Crippen molar-refractivity contribution in [1.29, 1.82) is 5.26 Å². The Labute approximate surface area is 106 Å². The molecule has 0 aromatic rings. The van der Waals surface area contributed by atoms with Crippen LogP contribution in [-0.4, -0.2) is 54.8 Å². The third-order valence-electron chi connectivity index (χ3n) is 2.91. The number of β-amino-alcohol motifs (C(OH)–C–C–N with tert-alkyl or cyclic N) is 1. The number of aliphatic hydroxyl groups is 1. The topological polar surface area (TPSA) is 108 Å². The normalized spacial score (nSPS) is 26.6. The van der Waals surface area contributed by atoms with Gasteiger partial charge in [-0.2, -0.15) is 9.57 Å². The van der Waals surface area contributed by atoms with Gasteiger partial charge in [-0.15, -0.1) is 0 Å². The number of aliphatic hydroxyl groups excluding tert-OH is 1. The summed E-state index contributed by atoms with van der Waals surface area (Å²) in [4.78, 5) is 11.5. The Hall–Kier alpha value is -1.17. The molecule has 1 N–H and O–H groups in total. The van der Waals surface area contributed by atoms with Gasteiger partial charge in [-0.05, 0) is 6.42 Å². The highest BCUT2D eigenvalue weighted by atomic mass is 32.2. The maximum absolute atomic E-state index is 12.2.